The molecule has 0 unspecified atom stereocenters. The minimum absolute atomic E-state index is 0.0803. The Kier molecular flexibility index (Phi) is 5.98. The number of aryl methyl sites for hydroxylation is 1. The average molecular weight is 472 g/mol. The molecule has 4 aliphatic carbocycles. The fraction of sp³-hybridized carbons (Fsp3) is 0.591. The number of nitrogens with one attached hydrogen (secondary N) is 1. The first-order chi connectivity index (χ1) is 15.4. The number of alkyl halides is 3. The molecule has 11 heteroatoms. The van der Waals surface area contributed by atoms with Crippen molar-refractivity contribution in [2.45, 2.75) is 68.7 Å². The third-order valence-corrected chi connectivity index (χ3v) is 6.74. The predicted molar refractivity (Wildman–Crippen MR) is 106 cm³/mol. The molecule has 5 rings (SSSR count). The smallest absolute Gasteiger partial charge is 0.368 e. The lowest BCUT2D eigenvalue weighted by Crippen LogP contribution is -2.84. The van der Waals surface area contributed by atoms with Gasteiger partial charge in [-0.25, -0.2) is 4.39 Å². The summed E-state index contributed by atoms with van der Waals surface area (Å²) < 4.78 is 59.0. The molecule has 2 amide bonds. The standard InChI is InChI=1S/C22H24F4N2O5/c1-13-4-14(2-3-17(13)23)18(30)7-28(12-29)21-9-20(10-21,11-21)27-19(31)8-32-15-5-16(6-15)33-22(24,25)26/h2-4,12,15-16H,5-11H2,1H3,(H,27,31). The van der Waals surface area contributed by atoms with Crippen LogP contribution in [0.4, 0.5) is 17.6 Å². The van der Waals surface area contributed by atoms with Gasteiger partial charge in [0.1, 0.15) is 12.4 Å². The maximum atomic E-state index is 13.4. The number of benzene rings is 1. The third-order valence-electron chi connectivity index (χ3n) is 6.74. The van der Waals surface area contributed by atoms with Crippen LogP contribution in [0.15, 0.2) is 18.2 Å². The average Bonchev–Trinajstić information content (AvgIpc) is 2.64. The van der Waals surface area contributed by atoms with Gasteiger partial charge in [0.15, 0.2) is 5.78 Å². The maximum absolute atomic E-state index is 13.4. The van der Waals surface area contributed by atoms with Crippen molar-refractivity contribution in [3.05, 3.63) is 35.1 Å². The number of Topliss-reactive ketones (excluding diaryl/α,β-unsaturated/α-hetero) is 1. The van der Waals surface area contributed by atoms with E-state index in [1.807, 2.05) is 0 Å². The van der Waals surface area contributed by atoms with Crippen LogP contribution in [0.1, 0.15) is 48.0 Å². The molecular weight excluding hydrogens is 448 g/mol. The summed E-state index contributed by atoms with van der Waals surface area (Å²) in [6.45, 7) is 1.16. The highest BCUT2D eigenvalue weighted by atomic mass is 19.4. The minimum Gasteiger partial charge on any atom is -0.368 e. The van der Waals surface area contributed by atoms with Crippen LogP contribution in [0.3, 0.4) is 0 Å². The van der Waals surface area contributed by atoms with Gasteiger partial charge in [0.2, 0.25) is 12.3 Å². The molecule has 2 bridgehead atoms. The number of amides is 2. The van der Waals surface area contributed by atoms with Crippen molar-refractivity contribution in [3.63, 3.8) is 0 Å². The molecule has 0 aromatic heterocycles. The summed E-state index contributed by atoms with van der Waals surface area (Å²) in [4.78, 5) is 37.8. The van der Waals surface area contributed by atoms with E-state index in [1.165, 1.54) is 23.1 Å². The topological polar surface area (TPSA) is 84.9 Å². The van der Waals surface area contributed by atoms with Crippen LogP contribution in [0.25, 0.3) is 0 Å². The second-order valence-electron chi connectivity index (χ2n) is 9.29. The fourth-order valence-electron chi connectivity index (χ4n) is 5.02. The van der Waals surface area contributed by atoms with Gasteiger partial charge in [0.05, 0.1) is 18.8 Å². The third kappa shape index (κ3) is 4.89. The highest BCUT2D eigenvalue weighted by Crippen LogP contribution is 2.63. The van der Waals surface area contributed by atoms with Crippen molar-refractivity contribution in [1.82, 2.24) is 10.2 Å². The molecule has 0 heterocycles. The molecule has 0 atom stereocenters. The normalized spacial score (nSPS) is 29.8. The molecule has 1 N–H and O–H groups in total. The molecule has 0 aliphatic heterocycles. The number of ketones is 1. The lowest BCUT2D eigenvalue weighted by molar-refractivity contribution is -0.357. The Morgan fingerprint density at radius 2 is 1.88 bits per heavy atom. The summed E-state index contributed by atoms with van der Waals surface area (Å²) >= 11 is 0. The molecule has 1 aromatic rings. The van der Waals surface area contributed by atoms with Gasteiger partial charge in [-0.2, -0.15) is 0 Å². The van der Waals surface area contributed by atoms with E-state index in [2.05, 4.69) is 10.1 Å². The summed E-state index contributed by atoms with van der Waals surface area (Å²) in [7, 11) is 0. The SMILES string of the molecule is Cc1cc(C(=O)CN(C=O)C23CC(NC(=O)COC4CC(OC(F)(F)F)C4)(C2)C3)ccc1F. The zero-order valence-electron chi connectivity index (χ0n) is 17.9. The number of carbonyl (C=O) groups excluding carboxylic acids is 3. The van der Waals surface area contributed by atoms with Gasteiger partial charge >= 0.3 is 6.36 Å². The lowest BCUT2D eigenvalue weighted by atomic mass is 9.43. The van der Waals surface area contributed by atoms with Gasteiger partial charge in [0.25, 0.3) is 0 Å². The molecule has 180 valence electrons. The summed E-state index contributed by atoms with van der Waals surface area (Å²) in [6.07, 6.45) is -3.76. The van der Waals surface area contributed by atoms with Crippen LogP contribution in [-0.2, 0) is 19.1 Å². The van der Waals surface area contributed by atoms with Crippen molar-refractivity contribution in [2.75, 3.05) is 13.2 Å². The number of ether oxygens (including phenoxy) is 2. The Balaban J connectivity index is 1.19. The van der Waals surface area contributed by atoms with Crippen LogP contribution >= 0.6 is 0 Å². The molecule has 4 saturated carbocycles. The number of hydrogen-bond donors (Lipinski definition) is 1. The predicted octanol–water partition coefficient (Wildman–Crippen LogP) is 2.65. The Morgan fingerprint density at radius 1 is 1.21 bits per heavy atom. The number of halogens is 4. The second kappa shape index (κ2) is 8.35. The minimum atomic E-state index is -4.68. The molecule has 4 aliphatic rings. The molecule has 4 fully saturated rings. The molecule has 0 saturated heterocycles. The van der Waals surface area contributed by atoms with Crippen LogP contribution in [0.2, 0.25) is 0 Å². The van der Waals surface area contributed by atoms with Crippen LogP contribution < -0.4 is 5.32 Å². The van der Waals surface area contributed by atoms with Crippen molar-refractivity contribution < 1.29 is 41.4 Å². The highest BCUT2D eigenvalue weighted by molar-refractivity contribution is 5.98. The van der Waals surface area contributed by atoms with Gasteiger partial charge in [-0.05, 0) is 49.9 Å². The number of hydrogen-bond acceptors (Lipinski definition) is 5. The highest BCUT2D eigenvalue weighted by Gasteiger charge is 2.71. The Bertz CT molecular complexity index is 941. The van der Waals surface area contributed by atoms with E-state index in [9.17, 15) is 31.9 Å². The van der Waals surface area contributed by atoms with Crippen molar-refractivity contribution in [3.8, 4) is 0 Å². The van der Waals surface area contributed by atoms with E-state index in [-0.39, 0.29) is 37.7 Å². The molecule has 7 nitrogen and oxygen atoms in total. The van der Waals surface area contributed by atoms with Gasteiger partial charge in [0, 0.05) is 29.5 Å². The van der Waals surface area contributed by atoms with E-state index < -0.39 is 35.5 Å². The Morgan fingerprint density at radius 3 is 2.45 bits per heavy atom. The Labute approximate surface area is 187 Å². The summed E-state index contributed by atoms with van der Waals surface area (Å²) in [6, 6.07) is 4.05. The molecule has 0 spiro atoms. The number of rotatable bonds is 10. The van der Waals surface area contributed by atoms with E-state index in [1.54, 1.807) is 6.92 Å². The second-order valence-corrected chi connectivity index (χ2v) is 9.29. The summed E-state index contributed by atoms with van der Waals surface area (Å²) in [5.74, 6) is -1.08. The largest absolute Gasteiger partial charge is 0.522 e. The van der Waals surface area contributed by atoms with Crippen molar-refractivity contribution in [2.24, 2.45) is 0 Å². The van der Waals surface area contributed by atoms with Gasteiger partial charge < -0.3 is 15.0 Å². The van der Waals surface area contributed by atoms with E-state index in [0.29, 0.717) is 36.8 Å². The molecule has 1 aromatic carbocycles. The monoisotopic (exact) mass is 472 g/mol. The fourth-order valence-corrected chi connectivity index (χ4v) is 5.02. The van der Waals surface area contributed by atoms with Crippen LogP contribution in [0.5, 0.6) is 0 Å². The Hall–Kier alpha value is -2.53. The van der Waals surface area contributed by atoms with E-state index in [4.69, 9.17) is 4.74 Å². The van der Waals surface area contributed by atoms with Gasteiger partial charge in [-0.3, -0.25) is 19.1 Å². The maximum Gasteiger partial charge on any atom is 0.522 e. The van der Waals surface area contributed by atoms with E-state index in [0.717, 1.165) is 0 Å². The zero-order chi connectivity index (χ0) is 24.0. The number of carbonyl (C=O) groups is 3. The van der Waals surface area contributed by atoms with E-state index >= 15 is 0 Å². The lowest BCUT2D eigenvalue weighted by Gasteiger charge is -2.72. The van der Waals surface area contributed by atoms with Gasteiger partial charge in [-0.15, -0.1) is 13.2 Å². The van der Waals surface area contributed by atoms with Crippen molar-refractivity contribution in [1.29, 1.82) is 0 Å². The van der Waals surface area contributed by atoms with Crippen LogP contribution in [-0.4, -0.2) is 65.8 Å². The van der Waals surface area contributed by atoms with Crippen LogP contribution in [0, 0.1) is 12.7 Å². The first-order valence-electron chi connectivity index (χ1n) is 10.6. The number of nitrogens with zero attached hydrogens (tertiary/aromatic N) is 1. The summed E-state index contributed by atoms with van der Waals surface area (Å²) in [5.41, 5.74) is -0.278. The van der Waals surface area contributed by atoms with Crippen molar-refractivity contribution >= 4 is 18.1 Å². The zero-order valence-corrected chi connectivity index (χ0v) is 17.9. The molecular formula is C22H24F4N2O5. The summed E-state index contributed by atoms with van der Waals surface area (Å²) in [5, 5.41) is 2.87. The molecule has 0 radical (unpaired) electrons. The first-order valence-corrected chi connectivity index (χ1v) is 10.6. The quantitative estimate of drug-likeness (QED) is 0.322. The molecule has 33 heavy (non-hydrogen) atoms. The first kappa shape index (κ1) is 23.6. The van der Waals surface area contributed by atoms with Gasteiger partial charge in [-0.1, -0.05) is 0 Å².